The van der Waals surface area contributed by atoms with Crippen LogP contribution in [0.5, 0.6) is 5.75 Å². The van der Waals surface area contributed by atoms with Gasteiger partial charge in [-0.2, -0.15) is 0 Å². The van der Waals surface area contributed by atoms with Crippen LogP contribution in [0.4, 0.5) is 0 Å². The molecule has 0 bridgehead atoms. The summed E-state index contributed by atoms with van der Waals surface area (Å²) >= 11 is 0. The first-order valence-electron chi connectivity index (χ1n) is 6.01. The van der Waals surface area contributed by atoms with Gasteiger partial charge in [0.25, 0.3) is 0 Å². The molecule has 0 heterocycles. The molecule has 1 aliphatic rings. The molecule has 0 atom stereocenters. The molecular formula is C16H19O. The van der Waals surface area contributed by atoms with Gasteiger partial charge in [0.15, 0.2) is 0 Å². The summed E-state index contributed by atoms with van der Waals surface area (Å²) in [6.45, 7) is 9.39. The Balaban J connectivity index is 1.96. The number of rotatable bonds is 3. The van der Waals surface area contributed by atoms with Crippen molar-refractivity contribution in [3.63, 3.8) is 0 Å². The van der Waals surface area contributed by atoms with Gasteiger partial charge in [0.1, 0.15) is 5.75 Å². The van der Waals surface area contributed by atoms with E-state index in [0.717, 1.165) is 5.75 Å². The molecule has 89 valence electrons. The molecule has 1 nitrogen and oxygen atoms in total. The lowest BCUT2D eigenvalue weighted by atomic mass is 9.90. The molecule has 1 aliphatic carbocycles. The highest BCUT2D eigenvalue weighted by atomic mass is 16.5. The van der Waals surface area contributed by atoms with Crippen LogP contribution in [0.1, 0.15) is 27.7 Å². The van der Waals surface area contributed by atoms with Crippen LogP contribution in [0.2, 0.25) is 0 Å². The van der Waals surface area contributed by atoms with Gasteiger partial charge in [0.2, 0.25) is 0 Å². The smallest absolute Gasteiger partial charge is 0.119 e. The second-order valence-electron chi connectivity index (χ2n) is 4.58. The fraction of sp³-hybridized carbons (Fsp3) is 0.312. The van der Waals surface area contributed by atoms with E-state index in [1.807, 2.05) is 30.3 Å². The van der Waals surface area contributed by atoms with Crippen LogP contribution in [0.25, 0.3) is 0 Å². The monoisotopic (exact) mass is 227 g/mol. The van der Waals surface area contributed by atoms with Gasteiger partial charge in [-0.3, -0.25) is 0 Å². The summed E-state index contributed by atoms with van der Waals surface area (Å²) in [5.41, 5.74) is 0. The van der Waals surface area contributed by atoms with Gasteiger partial charge in [-0.05, 0) is 35.8 Å². The van der Waals surface area contributed by atoms with E-state index in [9.17, 15) is 0 Å². The molecule has 0 aromatic heterocycles. The average Bonchev–Trinajstić information content (AvgIpc) is 2.54. The Hall–Kier alpha value is -0.980. The van der Waals surface area contributed by atoms with Crippen molar-refractivity contribution in [3.05, 3.63) is 59.9 Å². The van der Waals surface area contributed by atoms with Gasteiger partial charge in [0.05, 0.1) is 6.61 Å². The first-order valence-corrected chi connectivity index (χ1v) is 6.01. The van der Waals surface area contributed by atoms with Crippen molar-refractivity contribution in [1.29, 1.82) is 0 Å². The van der Waals surface area contributed by atoms with Crippen LogP contribution in [-0.2, 0) is 0 Å². The molecule has 0 saturated heterocycles. The van der Waals surface area contributed by atoms with Crippen LogP contribution < -0.4 is 4.74 Å². The predicted octanol–water partition coefficient (Wildman–Crippen LogP) is 4.03. The van der Waals surface area contributed by atoms with E-state index >= 15 is 0 Å². The molecule has 2 rings (SSSR count). The van der Waals surface area contributed by atoms with E-state index in [1.54, 1.807) is 0 Å². The Morgan fingerprint density at radius 1 is 0.765 bits per heavy atom. The molecule has 0 amide bonds. The zero-order chi connectivity index (χ0) is 12.4. The highest BCUT2D eigenvalue weighted by Crippen LogP contribution is 2.52. The summed E-state index contributed by atoms with van der Waals surface area (Å²) in [5, 5.41) is 0. The van der Waals surface area contributed by atoms with Crippen molar-refractivity contribution in [1.82, 2.24) is 0 Å². The molecule has 1 aromatic carbocycles. The molecule has 1 aromatic rings. The van der Waals surface area contributed by atoms with E-state index in [-0.39, 0.29) is 0 Å². The summed E-state index contributed by atoms with van der Waals surface area (Å²) in [5.74, 6) is 7.81. The molecule has 1 saturated carbocycles. The lowest BCUT2D eigenvalue weighted by molar-refractivity contribution is 0.332. The largest absolute Gasteiger partial charge is 0.493 e. The molecular weight excluding hydrogens is 208 g/mol. The molecule has 5 radical (unpaired) electrons. The third-order valence-corrected chi connectivity index (χ3v) is 3.72. The Morgan fingerprint density at radius 2 is 1.29 bits per heavy atom. The second kappa shape index (κ2) is 5.12. The van der Waals surface area contributed by atoms with Crippen LogP contribution in [-0.4, -0.2) is 6.61 Å². The maximum absolute atomic E-state index is 5.82. The van der Waals surface area contributed by atoms with Gasteiger partial charge in [-0.25, -0.2) is 0 Å². The summed E-state index contributed by atoms with van der Waals surface area (Å²) in [6, 6.07) is 9.98. The molecule has 0 N–H and O–H groups in total. The first kappa shape index (κ1) is 12.5. The van der Waals surface area contributed by atoms with Gasteiger partial charge >= 0.3 is 0 Å². The number of para-hydroxylation sites is 1. The molecule has 0 spiro atoms. The summed E-state index contributed by atoms with van der Waals surface area (Å²) in [4.78, 5) is 0. The number of hydrogen-bond donors (Lipinski definition) is 0. The van der Waals surface area contributed by atoms with Crippen LogP contribution in [0.3, 0.4) is 0 Å². The van der Waals surface area contributed by atoms with E-state index in [1.165, 1.54) is 29.6 Å². The van der Waals surface area contributed by atoms with Crippen LogP contribution in [0.15, 0.2) is 30.3 Å². The zero-order valence-electron chi connectivity index (χ0n) is 11.0. The fourth-order valence-corrected chi connectivity index (χ4v) is 2.19. The van der Waals surface area contributed by atoms with Gasteiger partial charge in [-0.1, -0.05) is 45.9 Å². The maximum atomic E-state index is 5.82. The van der Waals surface area contributed by atoms with Crippen molar-refractivity contribution in [3.8, 4) is 5.75 Å². The van der Waals surface area contributed by atoms with Gasteiger partial charge in [0, 0.05) is 5.92 Å². The predicted molar refractivity (Wildman–Crippen MR) is 70.8 cm³/mol. The minimum absolute atomic E-state index is 0.663. The van der Waals surface area contributed by atoms with E-state index < -0.39 is 0 Å². The Labute approximate surface area is 105 Å². The SMILES string of the molecule is C[C]1[C](C)[C](C)[C](COc2ccccc2)[C]1C. The first-order chi connectivity index (χ1) is 8.11. The standard InChI is InChI=1S/C16H19O/c1-11-12(2)14(4)16(13(11)3)10-17-15-8-6-5-7-9-15/h5-9H,10H2,1-4H3. The molecule has 1 fully saturated rings. The quantitative estimate of drug-likeness (QED) is 0.757. The van der Waals surface area contributed by atoms with Crippen molar-refractivity contribution in [2.45, 2.75) is 27.7 Å². The summed E-state index contributed by atoms with van der Waals surface area (Å²) in [6.07, 6.45) is 0. The third kappa shape index (κ3) is 2.48. The molecule has 0 unspecified atom stereocenters. The lowest BCUT2D eigenvalue weighted by Crippen LogP contribution is -2.16. The molecule has 1 heteroatoms. The Kier molecular flexibility index (Phi) is 3.76. The van der Waals surface area contributed by atoms with Crippen molar-refractivity contribution >= 4 is 0 Å². The topological polar surface area (TPSA) is 9.23 Å². The van der Waals surface area contributed by atoms with Gasteiger partial charge < -0.3 is 4.74 Å². The zero-order valence-corrected chi connectivity index (χ0v) is 11.0. The van der Waals surface area contributed by atoms with E-state index in [4.69, 9.17) is 4.74 Å². The van der Waals surface area contributed by atoms with Crippen molar-refractivity contribution in [2.24, 2.45) is 0 Å². The number of benzene rings is 1. The van der Waals surface area contributed by atoms with Crippen LogP contribution >= 0.6 is 0 Å². The fourth-order valence-electron chi connectivity index (χ4n) is 2.19. The summed E-state index contributed by atoms with van der Waals surface area (Å²) < 4.78 is 5.82. The van der Waals surface area contributed by atoms with E-state index in [0.29, 0.717) is 6.61 Å². The normalized spacial score (nSPS) is 21.2. The summed E-state index contributed by atoms with van der Waals surface area (Å²) in [7, 11) is 0. The lowest BCUT2D eigenvalue weighted by Gasteiger charge is -2.19. The highest BCUT2D eigenvalue weighted by molar-refractivity contribution is 5.59. The minimum Gasteiger partial charge on any atom is -0.493 e. The molecule has 17 heavy (non-hydrogen) atoms. The van der Waals surface area contributed by atoms with Crippen molar-refractivity contribution < 1.29 is 4.74 Å². The minimum atomic E-state index is 0.663. The van der Waals surface area contributed by atoms with Gasteiger partial charge in [-0.15, -0.1) is 0 Å². The Bertz CT molecular complexity index is 332. The highest BCUT2D eigenvalue weighted by Gasteiger charge is 2.43. The van der Waals surface area contributed by atoms with Crippen LogP contribution in [0, 0.1) is 29.6 Å². The second-order valence-corrected chi connectivity index (χ2v) is 4.58. The van der Waals surface area contributed by atoms with Crippen molar-refractivity contribution in [2.75, 3.05) is 6.61 Å². The Morgan fingerprint density at radius 3 is 1.82 bits per heavy atom. The number of ether oxygens (including phenoxy) is 1. The maximum Gasteiger partial charge on any atom is 0.119 e. The average molecular weight is 227 g/mol. The van der Waals surface area contributed by atoms with E-state index in [2.05, 4.69) is 27.7 Å². The molecule has 0 aliphatic heterocycles. The number of hydrogen-bond acceptors (Lipinski definition) is 1. The third-order valence-electron chi connectivity index (χ3n) is 3.72.